The Bertz CT molecular complexity index is 257. The second kappa shape index (κ2) is 2.12. The summed E-state index contributed by atoms with van der Waals surface area (Å²) < 4.78 is 5.20. The Morgan fingerprint density at radius 1 is 1.50 bits per heavy atom. The Hall–Kier alpha value is -0.790. The van der Waals surface area contributed by atoms with Gasteiger partial charge in [0.25, 0.3) is 0 Å². The molecule has 1 saturated carbocycles. The normalized spacial score (nSPS) is 51.8. The molecular formula is C10H12O2. The standard InChI is InChI=1S/C10H12O2/c11-10-9-6-4-2-1-3-5-7(12-10)8(6)9/h3,5-9H,1-2,4H2/b5-3+/t6-,7+,8-,9-/m0/s1. The SMILES string of the molecule is O=C1O[C@@H]2/C=C/CCC[C@@H]3[C@H]1[C@@H]32. The maximum atomic E-state index is 11.2. The van der Waals surface area contributed by atoms with Crippen LogP contribution in [-0.4, -0.2) is 12.1 Å². The summed E-state index contributed by atoms with van der Waals surface area (Å²) in [5.74, 6) is 1.55. The molecular weight excluding hydrogens is 152 g/mol. The highest BCUT2D eigenvalue weighted by Crippen LogP contribution is 2.58. The number of ether oxygens (including phenoxy) is 1. The molecule has 0 N–H and O–H groups in total. The van der Waals surface area contributed by atoms with Crippen LogP contribution in [0.2, 0.25) is 0 Å². The minimum atomic E-state index is 0.0570. The van der Waals surface area contributed by atoms with Gasteiger partial charge >= 0.3 is 5.97 Å². The molecule has 2 nitrogen and oxygen atoms in total. The van der Waals surface area contributed by atoms with Crippen LogP contribution in [0.1, 0.15) is 19.3 Å². The number of hydrogen-bond acceptors (Lipinski definition) is 2. The highest BCUT2D eigenvalue weighted by Gasteiger charge is 2.64. The summed E-state index contributed by atoms with van der Waals surface area (Å²) in [5.41, 5.74) is 0. The highest BCUT2D eigenvalue weighted by molar-refractivity contribution is 5.80. The molecule has 4 atom stereocenters. The molecule has 2 heteroatoms. The van der Waals surface area contributed by atoms with E-state index in [2.05, 4.69) is 12.2 Å². The van der Waals surface area contributed by atoms with Gasteiger partial charge < -0.3 is 4.74 Å². The van der Waals surface area contributed by atoms with Gasteiger partial charge in [-0.05, 0) is 31.3 Å². The van der Waals surface area contributed by atoms with Crippen LogP contribution < -0.4 is 0 Å². The van der Waals surface area contributed by atoms with Crippen molar-refractivity contribution >= 4 is 5.97 Å². The first kappa shape index (κ1) is 6.70. The zero-order chi connectivity index (χ0) is 8.13. The minimum Gasteiger partial charge on any atom is -0.458 e. The van der Waals surface area contributed by atoms with Gasteiger partial charge in [-0.15, -0.1) is 0 Å². The van der Waals surface area contributed by atoms with Crippen molar-refractivity contribution < 1.29 is 9.53 Å². The Balaban J connectivity index is 1.90. The summed E-state index contributed by atoms with van der Waals surface area (Å²) in [4.78, 5) is 11.2. The topological polar surface area (TPSA) is 26.3 Å². The molecule has 0 aromatic carbocycles. The van der Waals surface area contributed by atoms with Crippen LogP contribution in [0.15, 0.2) is 12.2 Å². The summed E-state index contributed by atoms with van der Waals surface area (Å²) in [6.45, 7) is 0. The molecule has 1 saturated heterocycles. The summed E-state index contributed by atoms with van der Waals surface area (Å²) in [5, 5.41) is 0. The van der Waals surface area contributed by atoms with Gasteiger partial charge in [0.05, 0.1) is 5.92 Å². The predicted octanol–water partition coefficient (Wildman–Crippen LogP) is 1.51. The van der Waals surface area contributed by atoms with Gasteiger partial charge in [-0.3, -0.25) is 4.79 Å². The lowest BCUT2D eigenvalue weighted by Gasteiger charge is -2.13. The van der Waals surface area contributed by atoms with Crippen LogP contribution in [0.25, 0.3) is 0 Å². The molecule has 0 radical (unpaired) electrons. The zero-order valence-corrected chi connectivity index (χ0v) is 6.90. The molecule has 1 aliphatic heterocycles. The fourth-order valence-electron chi connectivity index (χ4n) is 2.71. The molecule has 0 bridgehead atoms. The average Bonchev–Trinajstić information content (AvgIpc) is 2.63. The van der Waals surface area contributed by atoms with Crippen LogP contribution in [0, 0.1) is 17.8 Å². The number of fused-ring (bicyclic) bond motifs is 1. The Kier molecular flexibility index (Phi) is 1.18. The lowest BCUT2D eigenvalue weighted by Crippen LogP contribution is -2.15. The van der Waals surface area contributed by atoms with E-state index in [1.54, 1.807) is 0 Å². The van der Waals surface area contributed by atoms with E-state index in [0.29, 0.717) is 11.8 Å². The molecule has 2 fully saturated rings. The number of hydrogen-bond donors (Lipinski definition) is 0. The molecule has 64 valence electrons. The summed E-state index contributed by atoms with van der Waals surface area (Å²) in [7, 11) is 0. The van der Waals surface area contributed by atoms with E-state index in [9.17, 15) is 4.79 Å². The lowest BCUT2D eigenvalue weighted by molar-refractivity contribution is -0.144. The van der Waals surface area contributed by atoms with E-state index < -0.39 is 0 Å². The molecule has 12 heavy (non-hydrogen) atoms. The van der Waals surface area contributed by atoms with Gasteiger partial charge in [-0.2, -0.15) is 0 Å². The number of carbonyl (C=O) groups is 1. The molecule has 2 aliphatic carbocycles. The molecule has 0 aromatic heterocycles. The minimum absolute atomic E-state index is 0.0570. The number of rotatable bonds is 0. The quantitative estimate of drug-likeness (QED) is 0.400. The van der Waals surface area contributed by atoms with E-state index in [0.717, 1.165) is 6.42 Å². The van der Waals surface area contributed by atoms with E-state index >= 15 is 0 Å². The Morgan fingerprint density at radius 3 is 3.33 bits per heavy atom. The largest absolute Gasteiger partial charge is 0.458 e. The molecule has 1 heterocycles. The molecule has 0 unspecified atom stereocenters. The van der Waals surface area contributed by atoms with Crippen LogP contribution in [0.4, 0.5) is 0 Å². The van der Waals surface area contributed by atoms with Crippen LogP contribution in [-0.2, 0) is 9.53 Å². The highest BCUT2D eigenvalue weighted by atomic mass is 16.6. The molecule has 0 amide bonds. The van der Waals surface area contributed by atoms with E-state index in [4.69, 9.17) is 4.74 Å². The van der Waals surface area contributed by atoms with Crippen molar-refractivity contribution in [3.63, 3.8) is 0 Å². The van der Waals surface area contributed by atoms with Gasteiger partial charge in [-0.25, -0.2) is 0 Å². The fraction of sp³-hybridized carbons (Fsp3) is 0.700. The third kappa shape index (κ3) is 0.728. The third-order valence-corrected chi connectivity index (χ3v) is 3.37. The van der Waals surface area contributed by atoms with Crippen molar-refractivity contribution in [1.29, 1.82) is 0 Å². The second-order valence-corrected chi connectivity index (χ2v) is 4.03. The lowest BCUT2D eigenvalue weighted by atomic mass is 10.0. The van der Waals surface area contributed by atoms with Crippen molar-refractivity contribution in [2.24, 2.45) is 17.8 Å². The van der Waals surface area contributed by atoms with Crippen molar-refractivity contribution in [1.82, 2.24) is 0 Å². The molecule has 3 rings (SSSR count). The van der Waals surface area contributed by atoms with E-state index in [-0.39, 0.29) is 18.0 Å². The van der Waals surface area contributed by atoms with Gasteiger partial charge in [0.2, 0.25) is 0 Å². The first-order valence-electron chi connectivity index (χ1n) is 4.75. The van der Waals surface area contributed by atoms with Crippen molar-refractivity contribution in [2.75, 3.05) is 0 Å². The maximum Gasteiger partial charge on any atom is 0.310 e. The van der Waals surface area contributed by atoms with Crippen LogP contribution in [0.3, 0.4) is 0 Å². The fourth-order valence-corrected chi connectivity index (χ4v) is 2.71. The average molecular weight is 164 g/mol. The predicted molar refractivity (Wildman–Crippen MR) is 43.3 cm³/mol. The number of carbonyl (C=O) groups excluding carboxylic acids is 1. The van der Waals surface area contributed by atoms with Crippen molar-refractivity contribution in [3.8, 4) is 0 Å². The summed E-state index contributed by atoms with van der Waals surface area (Å²) in [6.07, 6.45) is 8.01. The molecule has 0 spiro atoms. The second-order valence-electron chi connectivity index (χ2n) is 4.03. The summed E-state index contributed by atoms with van der Waals surface area (Å²) >= 11 is 0. The number of esters is 1. The first-order valence-corrected chi connectivity index (χ1v) is 4.75. The third-order valence-electron chi connectivity index (χ3n) is 3.37. The smallest absolute Gasteiger partial charge is 0.310 e. The number of allylic oxidation sites excluding steroid dienone is 1. The summed E-state index contributed by atoms with van der Waals surface area (Å²) in [6, 6.07) is 0. The maximum absolute atomic E-state index is 11.2. The molecule has 3 aliphatic rings. The molecule has 0 aromatic rings. The van der Waals surface area contributed by atoms with Gasteiger partial charge in [0.15, 0.2) is 0 Å². The monoisotopic (exact) mass is 164 g/mol. The van der Waals surface area contributed by atoms with Crippen molar-refractivity contribution in [2.45, 2.75) is 25.4 Å². The van der Waals surface area contributed by atoms with Crippen LogP contribution in [0.5, 0.6) is 0 Å². The van der Waals surface area contributed by atoms with E-state index in [1.807, 2.05) is 0 Å². The van der Waals surface area contributed by atoms with Gasteiger partial charge in [0.1, 0.15) is 6.10 Å². The van der Waals surface area contributed by atoms with Crippen LogP contribution >= 0.6 is 0 Å². The van der Waals surface area contributed by atoms with E-state index in [1.165, 1.54) is 12.8 Å². The Morgan fingerprint density at radius 2 is 2.42 bits per heavy atom. The van der Waals surface area contributed by atoms with Gasteiger partial charge in [-0.1, -0.05) is 6.08 Å². The zero-order valence-electron chi connectivity index (χ0n) is 6.90. The van der Waals surface area contributed by atoms with Crippen molar-refractivity contribution in [3.05, 3.63) is 12.2 Å². The Labute approximate surface area is 71.6 Å². The van der Waals surface area contributed by atoms with Gasteiger partial charge in [0, 0.05) is 5.92 Å². The first-order chi connectivity index (χ1) is 5.88.